The van der Waals surface area contributed by atoms with Gasteiger partial charge in [-0.2, -0.15) is 0 Å². The highest BCUT2D eigenvalue weighted by molar-refractivity contribution is 5.13. The highest BCUT2D eigenvalue weighted by Gasteiger charge is 1.99. The Bertz CT molecular complexity index is 448. The molecular weight excluding hydrogens is 202 g/mol. The van der Waals surface area contributed by atoms with Gasteiger partial charge in [-0.1, -0.05) is 11.2 Å². The lowest BCUT2D eigenvalue weighted by Gasteiger charge is -2.02. The molecule has 84 valence electrons. The zero-order chi connectivity index (χ0) is 11.4. The summed E-state index contributed by atoms with van der Waals surface area (Å²) in [7, 11) is 0. The van der Waals surface area contributed by atoms with Gasteiger partial charge in [-0.3, -0.25) is 4.98 Å². The predicted molar refractivity (Wildman–Crippen MR) is 60.8 cm³/mol. The monoisotopic (exact) mass is 217 g/mol. The molecule has 0 fully saturated rings. The summed E-state index contributed by atoms with van der Waals surface area (Å²) in [5.74, 6) is 0.859. The zero-order valence-corrected chi connectivity index (χ0v) is 9.53. The van der Waals surface area contributed by atoms with Gasteiger partial charge in [-0.25, -0.2) is 0 Å². The SMILES string of the molecule is Cc1ccc(CNCc2cc(C)no2)cn1. The summed E-state index contributed by atoms with van der Waals surface area (Å²) in [4.78, 5) is 4.23. The van der Waals surface area contributed by atoms with Gasteiger partial charge in [0.25, 0.3) is 0 Å². The van der Waals surface area contributed by atoms with Gasteiger partial charge < -0.3 is 9.84 Å². The molecule has 4 nitrogen and oxygen atoms in total. The molecule has 0 aliphatic heterocycles. The average Bonchev–Trinajstić information content (AvgIpc) is 2.67. The first-order chi connectivity index (χ1) is 7.74. The molecule has 0 aromatic carbocycles. The Hall–Kier alpha value is -1.68. The minimum Gasteiger partial charge on any atom is -0.360 e. The Morgan fingerprint density at radius 2 is 2.06 bits per heavy atom. The molecule has 1 N–H and O–H groups in total. The highest BCUT2D eigenvalue weighted by Crippen LogP contribution is 2.03. The van der Waals surface area contributed by atoms with E-state index < -0.39 is 0 Å². The molecule has 0 saturated carbocycles. The first-order valence-electron chi connectivity index (χ1n) is 5.28. The number of nitrogens with one attached hydrogen (secondary N) is 1. The van der Waals surface area contributed by atoms with E-state index in [0.717, 1.165) is 23.7 Å². The first kappa shape index (κ1) is 10.8. The third kappa shape index (κ3) is 2.90. The topological polar surface area (TPSA) is 51.0 Å². The van der Waals surface area contributed by atoms with E-state index in [-0.39, 0.29) is 0 Å². The molecule has 0 saturated heterocycles. The van der Waals surface area contributed by atoms with Crippen molar-refractivity contribution < 1.29 is 4.52 Å². The Kier molecular flexibility index (Phi) is 3.31. The van der Waals surface area contributed by atoms with Crippen LogP contribution < -0.4 is 5.32 Å². The van der Waals surface area contributed by atoms with Crippen molar-refractivity contribution in [3.05, 3.63) is 47.1 Å². The van der Waals surface area contributed by atoms with Crippen LogP contribution in [0.25, 0.3) is 0 Å². The number of aromatic nitrogens is 2. The molecule has 0 spiro atoms. The van der Waals surface area contributed by atoms with Crippen molar-refractivity contribution in [1.29, 1.82) is 0 Å². The zero-order valence-electron chi connectivity index (χ0n) is 9.53. The van der Waals surface area contributed by atoms with Crippen molar-refractivity contribution >= 4 is 0 Å². The number of pyridine rings is 1. The smallest absolute Gasteiger partial charge is 0.150 e. The van der Waals surface area contributed by atoms with Crippen LogP contribution in [0.15, 0.2) is 28.9 Å². The number of rotatable bonds is 4. The average molecular weight is 217 g/mol. The summed E-state index contributed by atoms with van der Waals surface area (Å²) in [5, 5.41) is 7.10. The normalized spacial score (nSPS) is 10.6. The van der Waals surface area contributed by atoms with E-state index in [1.165, 1.54) is 5.56 Å². The number of nitrogens with zero attached hydrogens (tertiary/aromatic N) is 2. The third-order valence-electron chi connectivity index (χ3n) is 2.28. The van der Waals surface area contributed by atoms with Crippen molar-refractivity contribution in [1.82, 2.24) is 15.5 Å². The molecule has 4 heteroatoms. The molecule has 0 bridgehead atoms. The molecule has 16 heavy (non-hydrogen) atoms. The van der Waals surface area contributed by atoms with Crippen LogP contribution in [0.4, 0.5) is 0 Å². The summed E-state index contributed by atoms with van der Waals surface area (Å²) >= 11 is 0. The maximum absolute atomic E-state index is 5.09. The van der Waals surface area contributed by atoms with E-state index in [9.17, 15) is 0 Å². The van der Waals surface area contributed by atoms with Crippen LogP contribution in [-0.4, -0.2) is 10.1 Å². The third-order valence-corrected chi connectivity index (χ3v) is 2.28. The van der Waals surface area contributed by atoms with Crippen molar-refractivity contribution in [2.45, 2.75) is 26.9 Å². The van der Waals surface area contributed by atoms with Gasteiger partial charge in [0, 0.05) is 24.5 Å². The summed E-state index contributed by atoms with van der Waals surface area (Å²) in [6.07, 6.45) is 1.88. The summed E-state index contributed by atoms with van der Waals surface area (Å²) in [5.41, 5.74) is 3.12. The van der Waals surface area contributed by atoms with E-state index in [2.05, 4.69) is 21.5 Å². The fourth-order valence-corrected chi connectivity index (χ4v) is 1.43. The molecule has 2 aromatic heterocycles. The first-order valence-corrected chi connectivity index (χ1v) is 5.28. The second kappa shape index (κ2) is 4.90. The molecule has 0 radical (unpaired) electrons. The molecule has 2 aromatic rings. The van der Waals surface area contributed by atoms with Gasteiger partial charge in [0.2, 0.25) is 0 Å². The van der Waals surface area contributed by atoms with Crippen LogP contribution in [0, 0.1) is 13.8 Å². The van der Waals surface area contributed by atoms with E-state index >= 15 is 0 Å². The molecule has 0 aliphatic rings. The summed E-state index contributed by atoms with van der Waals surface area (Å²) < 4.78 is 5.09. The second-order valence-corrected chi connectivity index (χ2v) is 3.85. The lowest BCUT2D eigenvalue weighted by molar-refractivity contribution is 0.369. The van der Waals surface area contributed by atoms with E-state index in [4.69, 9.17) is 4.52 Å². The fourth-order valence-electron chi connectivity index (χ4n) is 1.43. The Morgan fingerprint density at radius 3 is 2.69 bits per heavy atom. The number of hydrogen-bond donors (Lipinski definition) is 1. The van der Waals surface area contributed by atoms with Gasteiger partial charge in [-0.05, 0) is 25.5 Å². The van der Waals surface area contributed by atoms with Crippen LogP contribution in [0.3, 0.4) is 0 Å². The number of aryl methyl sites for hydroxylation is 2. The molecular formula is C12H15N3O. The van der Waals surface area contributed by atoms with Crippen molar-refractivity contribution in [3.8, 4) is 0 Å². The maximum atomic E-state index is 5.09. The van der Waals surface area contributed by atoms with E-state index in [1.807, 2.05) is 32.2 Å². The molecule has 0 aliphatic carbocycles. The summed E-state index contributed by atoms with van der Waals surface area (Å²) in [6.45, 7) is 5.37. The van der Waals surface area contributed by atoms with Crippen LogP contribution in [0.1, 0.15) is 22.7 Å². The summed E-state index contributed by atoms with van der Waals surface area (Å²) in [6, 6.07) is 6.01. The molecule has 2 rings (SSSR count). The lowest BCUT2D eigenvalue weighted by Crippen LogP contribution is -2.12. The molecule has 0 unspecified atom stereocenters. The maximum Gasteiger partial charge on any atom is 0.150 e. The van der Waals surface area contributed by atoms with Crippen molar-refractivity contribution in [2.75, 3.05) is 0 Å². The van der Waals surface area contributed by atoms with E-state index in [1.54, 1.807) is 0 Å². The highest BCUT2D eigenvalue weighted by atomic mass is 16.5. The Balaban J connectivity index is 1.82. The molecule has 0 atom stereocenters. The predicted octanol–water partition coefficient (Wildman–Crippen LogP) is 1.98. The van der Waals surface area contributed by atoms with Gasteiger partial charge in [-0.15, -0.1) is 0 Å². The van der Waals surface area contributed by atoms with Gasteiger partial charge in [0.05, 0.1) is 12.2 Å². The van der Waals surface area contributed by atoms with E-state index in [0.29, 0.717) is 6.54 Å². The van der Waals surface area contributed by atoms with Crippen LogP contribution in [0.2, 0.25) is 0 Å². The molecule has 2 heterocycles. The van der Waals surface area contributed by atoms with Crippen LogP contribution >= 0.6 is 0 Å². The van der Waals surface area contributed by atoms with Crippen molar-refractivity contribution in [3.63, 3.8) is 0 Å². The minimum atomic E-state index is 0.689. The molecule has 0 amide bonds. The quantitative estimate of drug-likeness (QED) is 0.850. The minimum absolute atomic E-state index is 0.689. The van der Waals surface area contributed by atoms with Gasteiger partial charge in [0.15, 0.2) is 5.76 Å². The fraction of sp³-hybridized carbons (Fsp3) is 0.333. The number of hydrogen-bond acceptors (Lipinski definition) is 4. The van der Waals surface area contributed by atoms with Crippen LogP contribution in [0.5, 0.6) is 0 Å². The lowest BCUT2D eigenvalue weighted by atomic mass is 10.2. The Labute approximate surface area is 94.7 Å². The standard InChI is InChI=1S/C12H15N3O/c1-9-3-4-11(7-14-9)6-13-8-12-5-10(2)15-16-12/h3-5,7,13H,6,8H2,1-2H3. The van der Waals surface area contributed by atoms with Crippen molar-refractivity contribution in [2.24, 2.45) is 0 Å². The Morgan fingerprint density at radius 1 is 1.19 bits per heavy atom. The second-order valence-electron chi connectivity index (χ2n) is 3.85. The van der Waals surface area contributed by atoms with Gasteiger partial charge >= 0.3 is 0 Å². The van der Waals surface area contributed by atoms with Crippen LogP contribution in [-0.2, 0) is 13.1 Å². The van der Waals surface area contributed by atoms with Gasteiger partial charge in [0.1, 0.15) is 0 Å². The largest absolute Gasteiger partial charge is 0.360 e.